The number of hydrogen-bond acceptors (Lipinski definition) is 3. The van der Waals surface area contributed by atoms with Gasteiger partial charge in [-0.25, -0.2) is 0 Å². The summed E-state index contributed by atoms with van der Waals surface area (Å²) in [5, 5.41) is 9.58. The van der Waals surface area contributed by atoms with Gasteiger partial charge < -0.3 is 15.7 Å². The molecule has 3 N–H and O–H groups in total. The van der Waals surface area contributed by atoms with E-state index in [9.17, 15) is 5.11 Å². The number of aryl methyl sites for hydroxylation is 1. The molecule has 1 aromatic rings. The van der Waals surface area contributed by atoms with Gasteiger partial charge in [0, 0.05) is 24.3 Å². The van der Waals surface area contributed by atoms with Crippen LogP contribution in [0.25, 0.3) is 0 Å². The molecule has 2 unspecified atom stereocenters. The Labute approximate surface area is 95.9 Å². The van der Waals surface area contributed by atoms with Gasteiger partial charge in [-0.2, -0.15) is 0 Å². The highest BCUT2D eigenvalue weighted by Crippen LogP contribution is 2.39. The Morgan fingerprint density at radius 3 is 3.06 bits per heavy atom. The lowest BCUT2D eigenvalue weighted by molar-refractivity contribution is 0.443. The number of aromatic hydroxyl groups is 1. The molecule has 2 aliphatic rings. The van der Waals surface area contributed by atoms with Crippen molar-refractivity contribution in [2.45, 2.75) is 25.3 Å². The fourth-order valence-corrected chi connectivity index (χ4v) is 3.22. The summed E-state index contributed by atoms with van der Waals surface area (Å²) >= 11 is 0. The molecule has 0 saturated carbocycles. The molecule has 1 fully saturated rings. The third kappa shape index (κ3) is 1.39. The molecule has 16 heavy (non-hydrogen) atoms. The third-order valence-corrected chi connectivity index (χ3v) is 4.08. The van der Waals surface area contributed by atoms with Gasteiger partial charge >= 0.3 is 0 Å². The van der Waals surface area contributed by atoms with E-state index in [0.717, 1.165) is 19.5 Å². The molecular weight excluding hydrogens is 200 g/mol. The monoisotopic (exact) mass is 218 g/mol. The van der Waals surface area contributed by atoms with Gasteiger partial charge in [0.05, 0.1) is 0 Å². The van der Waals surface area contributed by atoms with Crippen LogP contribution >= 0.6 is 0 Å². The number of anilines is 1. The van der Waals surface area contributed by atoms with Crippen molar-refractivity contribution < 1.29 is 5.11 Å². The molecule has 1 aromatic carbocycles. The maximum Gasteiger partial charge on any atom is 0.117 e. The van der Waals surface area contributed by atoms with Crippen molar-refractivity contribution in [2.75, 3.05) is 18.0 Å². The molecule has 0 radical (unpaired) electrons. The normalized spacial score (nSPS) is 27.7. The van der Waals surface area contributed by atoms with E-state index >= 15 is 0 Å². The van der Waals surface area contributed by atoms with Crippen LogP contribution in [0.3, 0.4) is 0 Å². The number of benzene rings is 1. The molecular formula is C13H18N2O. The maximum atomic E-state index is 9.58. The first-order chi connectivity index (χ1) is 7.79. The molecule has 0 amide bonds. The lowest BCUT2D eigenvalue weighted by Gasteiger charge is -2.35. The summed E-state index contributed by atoms with van der Waals surface area (Å²) in [6.07, 6.45) is 3.52. The predicted molar refractivity (Wildman–Crippen MR) is 64.7 cm³/mol. The Kier molecular flexibility index (Phi) is 2.28. The van der Waals surface area contributed by atoms with Gasteiger partial charge in [0.25, 0.3) is 0 Å². The van der Waals surface area contributed by atoms with E-state index in [1.165, 1.54) is 24.1 Å². The van der Waals surface area contributed by atoms with Crippen molar-refractivity contribution >= 4 is 5.69 Å². The first kappa shape index (κ1) is 9.97. The van der Waals surface area contributed by atoms with Crippen LogP contribution in [0.4, 0.5) is 5.69 Å². The minimum absolute atomic E-state index is 0.371. The summed E-state index contributed by atoms with van der Waals surface area (Å²) in [4.78, 5) is 2.44. The average Bonchev–Trinajstić information content (AvgIpc) is 2.72. The zero-order valence-corrected chi connectivity index (χ0v) is 9.39. The zero-order chi connectivity index (χ0) is 11.1. The van der Waals surface area contributed by atoms with E-state index in [2.05, 4.69) is 11.0 Å². The van der Waals surface area contributed by atoms with Gasteiger partial charge in [-0.05, 0) is 43.4 Å². The van der Waals surface area contributed by atoms with Crippen molar-refractivity contribution in [3.63, 3.8) is 0 Å². The highest BCUT2D eigenvalue weighted by Gasteiger charge is 2.36. The van der Waals surface area contributed by atoms with Crippen LogP contribution < -0.4 is 10.6 Å². The van der Waals surface area contributed by atoms with E-state index in [1.807, 2.05) is 6.07 Å². The van der Waals surface area contributed by atoms with E-state index in [-0.39, 0.29) is 0 Å². The number of nitrogens with zero attached hydrogens (tertiary/aromatic N) is 1. The fourth-order valence-electron chi connectivity index (χ4n) is 3.22. The summed E-state index contributed by atoms with van der Waals surface area (Å²) in [5.41, 5.74) is 8.41. The molecule has 2 aliphatic heterocycles. The Morgan fingerprint density at radius 1 is 1.38 bits per heavy atom. The first-order valence-corrected chi connectivity index (χ1v) is 6.08. The molecule has 2 heterocycles. The van der Waals surface area contributed by atoms with Crippen LogP contribution in [0.2, 0.25) is 0 Å². The van der Waals surface area contributed by atoms with Crippen LogP contribution in [0.5, 0.6) is 5.75 Å². The van der Waals surface area contributed by atoms with Crippen LogP contribution in [-0.2, 0) is 6.42 Å². The Bertz CT molecular complexity index is 405. The molecule has 3 nitrogen and oxygen atoms in total. The molecule has 3 heteroatoms. The topological polar surface area (TPSA) is 49.5 Å². The fraction of sp³-hybridized carbons (Fsp3) is 0.538. The number of hydrogen-bond donors (Lipinski definition) is 2. The number of rotatable bonds is 1. The van der Waals surface area contributed by atoms with Gasteiger partial charge in [-0.1, -0.05) is 6.07 Å². The highest BCUT2D eigenvalue weighted by molar-refractivity contribution is 5.60. The van der Waals surface area contributed by atoms with Gasteiger partial charge in [0.1, 0.15) is 5.75 Å². The van der Waals surface area contributed by atoms with Gasteiger partial charge in [0.15, 0.2) is 0 Å². The minimum Gasteiger partial charge on any atom is -0.508 e. The molecule has 86 valence electrons. The summed E-state index contributed by atoms with van der Waals surface area (Å²) in [5.74, 6) is 1.01. The van der Waals surface area contributed by atoms with Gasteiger partial charge in [-0.15, -0.1) is 0 Å². The number of phenolic OH excluding ortho intramolecular Hbond substituents is 1. The van der Waals surface area contributed by atoms with Crippen LogP contribution in [0.15, 0.2) is 18.2 Å². The summed E-state index contributed by atoms with van der Waals surface area (Å²) in [6.45, 7) is 1.87. The zero-order valence-electron chi connectivity index (χ0n) is 9.39. The second-order valence-electron chi connectivity index (χ2n) is 4.90. The molecule has 1 saturated heterocycles. The number of fused-ring (bicyclic) bond motifs is 3. The highest BCUT2D eigenvalue weighted by atomic mass is 16.3. The first-order valence-electron chi connectivity index (χ1n) is 6.08. The van der Waals surface area contributed by atoms with Crippen LogP contribution in [0, 0.1) is 5.92 Å². The van der Waals surface area contributed by atoms with Gasteiger partial charge in [-0.3, -0.25) is 0 Å². The Hall–Kier alpha value is -1.22. The minimum atomic E-state index is 0.371. The summed E-state index contributed by atoms with van der Waals surface area (Å²) < 4.78 is 0. The molecule has 0 bridgehead atoms. The average molecular weight is 218 g/mol. The lowest BCUT2D eigenvalue weighted by Crippen LogP contribution is -2.38. The van der Waals surface area contributed by atoms with Crippen molar-refractivity contribution in [3.8, 4) is 5.75 Å². The van der Waals surface area contributed by atoms with Gasteiger partial charge in [0.2, 0.25) is 0 Å². The SMILES string of the molecule is NCC1CCN2c3cc(O)ccc3CCC12. The van der Waals surface area contributed by atoms with E-state index in [0.29, 0.717) is 17.7 Å². The molecule has 0 spiro atoms. The molecule has 2 atom stereocenters. The number of nitrogens with two attached hydrogens (primary N) is 1. The maximum absolute atomic E-state index is 9.58. The summed E-state index contributed by atoms with van der Waals surface area (Å²) in [6, 6.07) is 6.34. The predicted octanol–water partition coefficient (Wildman–Crippen LogP) is 1.49. The second kappa shape index (κ2) is 3.67. The second-order valence-corrected chi connectivity index (χ2v) is 4.90. The molecule has 0 aromatic heterocycles. The Morgan fingerprint density at radius 2 is 2.25 bits per heavy atom. The van der Waals surface area contributed by atoms with Crippen LogP contribution in [-0.4, -0.2) is 24.2 Å². The standard InChI is InChI=1S/C13H18N2O/c14-8-10-5-6-15-12(10)4-2-9-1-3-11(16)7-13(9)15/h1,3,7,10,12,16H,2,4-6,8,14H2. The van der Waals surface area contributed by atoms with Crippen molar-refractivity contribution in [3.05, 3.63) is 23.8 Å². The quantitative estimate of drug-likeness (QED) is 0.751. The third-order valence-electron chi connectivity index (χ3n) is 4.08. The van der Waals surface area contributed by atoms with E-state index in [4.69, 9.17) is 5.73 Å². The van der Waals surface area contributed by atoms with Crippen molar-refractivity contribution in [1.29, 1.82) is 0 Å². The molecule has 3 rings (SSSR count). The largest absolute Gasteiger partial charge is 0.508 e. The molecule has 0 aliphatic carbocycles. The van der Waals surface area contributed by atoms with E-state index in [1.54, 1.807) is 6.07 Å². The smallest absolute Gasteiger partial charge is 0.117 e. The Balaban J connectivity index is 1.98. The van der Waals surface area contributed by atoms with Crippen molar-refractivity contribution in [1.82, 2.24) is 0 Å². The lowest BCUT2D eigenvalue weighted by atomic mass is 9.90. The van der Waals surface area contributed by atoms with Crippen molar-refractivity contribution in [2.24, 2.45) is 11.7 Å². The van der Waals surface area contributed by atoms with Crippen LogP contribution in [0.1, 0.15) is 18.4 Å². The number of phenols is 1. The summed E-state index contributed by atoms with van der Waals surface area (Å²) in [7, 11) is 0. The van der Waals surface area contributed by atoms with E-state index < -0.39 is 0 Å².